The molecular formula is C33H39N3O6. The molecule has 0 spiro atoms. The zero-order valence-corrected chi connectivity index (χ0v) is 24.8. The van der Waals surface area contributed by atoms with Crippen molar-refractivity contribution in [2.45, 2.75) is 45.6 Å². The number of rotatable bonds is 8. The zero-order chi connectivity index (χ0) is 29.7. The molecule has 2 aromatic carbocycles. The fourth-order valence-corrected chi connectivity index (χ4v) is 5.26. The van der Waals surface area contributed by atoms with Crippen molar-refractivity contribution in [3.63, 3.8) is 0 Å². The van der Waals surface area contributed by atoms with E-state index in [4.69, 9.17) is 18.9 Å². The van der Waals surface area contributed by atoms with Crippen LogP contribution >= 0.6 is 0 Å². The number of piperidine rings is 1. The number of amides is 1. The molecule has 1 amide bonds. The van der Waals surface area contributed by atoms with Crippen LogP contribution in [0.5, 0.6) is 17.4 Å². The summed E-state index contributed by atoms with van der Waals surface area (Å²) in [7, 11) is 1.56. The quantitative estimate of drug-likeness (QED) is 0.288. The van der Waals surface area contributed by atoms with Crippen LogP contribution in [0.2, 0.25) is 0 Å². The predicted octanol–water partition coefficient (Wildman–Crippen LogP) is 5.26. The first-order chi connectivity index (χ1) is 20.2. The number of hydrogen-bond acceptors (Lipinski definition) is 8. The Morgan fingerprint density at radius 2 is 1.81 bits per heavy atom. The molecule has 5 rings (SSSR count). The van der Waals surface area contributed by atoms with E-state index in [1.54, 1.807) is 19.3 Å². The van der Waals surface area contributed by atoms with Gasteiger partial charge in [0.2, 0.25) is 11.8 Å². The van der Waals surface area contributed by atoms with E-state index in [2.05, 4.69) is 27.3 Å². The molecule has 0 aliphatic carbocycles. The largest absolute Gasteiger partial charge is 0.486 e. The third-order valence-electron chi connectivity index (χ3n) is 7.42. The Morgan fingerprint density at radius 3 is 2.55 bits per heavy atom. The van der Waals surface area contributed by atoms with Crippen LogP contribution in [0.4, 0.5) is 5.69 Å². The number of esters is 1. The number of methoxy groups -OCH3 is 1. The lowest BCUT2D eigenvalue weighted by Gasteiger charge is -2.31. The molecule has 0 atom stereocenters. The van der Waals surface area contributed by atoms with Crippen LogP contribution < -0.4 is 19.5 Å². The van der Waals surface area contributed by atoms with Gasteiger partial charge in [0, 0.05) is 30.0 Å². The highest BCUT2D eigenvalue weighted by atomic mass is 16.6. The van der Waals surface area contributed by atoms with Crippen LogP contribution in [0.25, 0.3) is 17.0 Å². The molecule has 222 valence electrons. The number of carbonyl (C=O) groups excluding carboxylic acids is 2. The maximum absolute atomic E-state index is 13.3. The SMILES string of the molecule is COc1ccc2c(/C=C/C(=O)OC(C)(C)C)ccc(NC(=O)C3CCN(CCc4ccc5c(c4)OCCO5)CC3)c2n1. The van der Waals surface area contributed by atoms with Crippen molar-refractivity contribution in [1.29, 1.82) is 0 Å². The maximum atomic E-state index is 13.3. The molecule has 2 aliphatic rings. The molecule has 0 radical (unpaired) electrons. The maximum Gasteiger partial charge on any atom is 0.331 e. The Balaban J connectivity index is 1.20. The summed E-state index contributed by atoms with van der Waals surface area (Å²) < 4.78 is 22.1. The van der Waals surface area contributed by atoms with Crippen LogP contribution in [0.3, 0.4) is 0 Å². The molecule has 3 aromatic rings. The summed E-state index contributed by atoms with van der Waals surface area (Å²) in [6.45, 7) is 9.32. The minimum atomic E-state index is -0.574. The topological polar surface area (TPSA) is 99.2 Å². The molecule has 2 aliphatic heterocycles. The normalized spacial score (nSPS) is 16.0. The molecule has 3 heterocycles. The first-order valence-corrected chi connectivity index (χ1v) is 14.5. The number of pyridine rings is 1. The van der Waals surface area contributed by atoms with Crippen LogP contribution in [-0.2, 0) is 20.7 Å². The number of fused-ring (bicyclic) bond motifs is 2. The van der Waals surface area contributed by atoms with Gasteiger partial charge in [-0.3, -0.25) is 4.79 Å². The van der Waals surface area contributed by atoms with Gasteiger partial charge in [-0.25, -0.2) is 9.78 Å². The number of benzene rings is 2. The summed E-state index contributed by atoms with van der Waals surface area (Å²) >= 11 is 0. The Hall–Kier alpha value is -4.11. The molecule has 0 unspecified atom stereocenters. The van der Waals surface area contributed by atoms with Crippen LogP contribution in [0, 0.1) is 5.92 Å². The molecule has 1 saturated heterocycles. The summed E-state index contributed by atoms with van der Waals surface area (Å²) in [6, 6.07) is 13.5. The van der Waals surface area contributed by atoms with E-state index in [-0.39, 0.29) is 11.8 Å². The highest BCUT2D eigenvalue weighted by Gasteiger charge is 2.26. The monoisotopic (exact) mass is 573 g/mol. The summed E-state index contributed by atoms with van der Waals surface area (Å²) in [5, 5.41) is 3.91. The highest BCUT2D eigenvalue weighted by Crippen LogP contribution is 2.32. The zero-order valence-electron chi connectivity index (χ0n) is 24.8. The van der Waals surface area contributed by atoms with Crippen molar-refractivity contribution in [1.82, 2.24) is 9.88 Å². The fraction of sp³-hybridized carbons (Fsp3) is 0.424. The van der Waals surface area contributed by atoms with Gasteiger partial charge in [-0.2, -0.15) is 0 Å². The van der Waals surface area contributed by atoms with Gasteiger partial charge in [0.15, 0.2) is 11.5 Å². The molecule has 1 aromatic heterocycles. The Labute approximate surface area is 246 Å². The van der Waals surface area contributed by atoms with Gasteiger partial charge in [-0.1, -0.05) is 12.1 Å². The average molecular weight is 574 g/mol. The number of aromatic nitrogens is 1. The molecule has 9 nitrogen and oxygen atoms in total. The van der Waals surface area contributed by atoms with Crippen LogP contribution in [0.1, 0.15) is 44.7 Å². The van der Waals surface area contributed by atoms with Gasteiger partial charge < -0.3 is 29.2 Å². The van der Waals surface area contributed by atoms with E-state index in [1.165, 1.54) is 11.6 Å². The third kappa shape index (κ3) is 7.39. The number of nitrogens with one attached hydrogen (secondary N) is 1. The lowest BCUT2D eigenvalue weighted by Crippen LogP contribution is -2.39. The van der Waals surface area contributed by atoms with Crippen LogP contribution in [-0.4, -0.2) is 67.3 Å². The number of carbonyl (C=O) groups is 2. The van der Waals surface area contributed by atoms with Gasteiger partial charge in [0.1, 0.15) is 18.8 Å². The van der Waals surface area contributed by atoms with Gasteiger partial charge in [-0.15, -0.1) is 0 Å². The first-order valence-electron chi connectivity index (χ1n) is 14.5. The summed E-state index contributed by atoms with van der Waals surface area (Å²) in [5.74, 6) is 1.56. The smallest absolute Gasteiger partial charge is 0.331 e. The molecular weight excluding hydrogens is 534 g/mol. The van der Waals surface area contributed by atoms with E-state index in [0.29, 0.717) is 30.3 Å². The second kappa shape index (κ2) is 12.8. The molecule has 1 fully saturated rings. The van der Waals surface area contributed by atoms with Crippen molar-refractivity contribution in [2.75, 3.05) is 45.3 Å². The fourth-order valence-electron chi connectivity index (χ4n) is 5.26. The standard InChI is InChI=1S/C33H39N3O6/c1-33(2,3)42-30(37)12-7-23-6-9-26(31-25(23)8-11-29(35-31)39-4)34-32(38)24-14-17-36(18-15-24)16-13-22-5-10-27-28(21-22)41-20-19-40-27/h5-12,21,24H,13-20H2,1-4H3,(H,34,38)/b12-7+. The third-order valence-corrected chi connectivity index (χ3v) is 7.42. The van der Waals surface area contributed by atoms with Crippen molar-refractivity contribution in [3.8, 4) is 17.4 Å². The summed E-state index contributed by atoms with van der Waals surface area (Å²) in [4.78, 5) is 32.6. The number of likely N-dealkylation sites (tertiary alicyclic amines) is 1. The van der Waals surface area contributed by atoms with Crippen LogP contribution in [0.15, 0.2) is 48.5 Å². The van der Waals surface area contributed by atoms with E-state index in [0.717, 1.165) is 61.3 Å². The summed E-state index contributed by atoms with van der Waals surface area (Å²) in [5.41, 5.74) is 2.65. The number of nitrogens with zero attached hydrogens (tertiary/aromatic N) is 2. The Morgan fingerprint density at radius 1 is 1.05 bits per heavy atom. The van der Waals surface area contributed by atoms with Gasteiger partial charge in [0.25, 0.3) is 0 Å². The van der Waals surface area contributed by atoms with Crippen molar-refractivity contribution in [3.05, 3.63) is 59.7 Å². The van der Waals surface area contributed by atoms with Crippen molar-refractivity contribution >= 4 is 34.5 Å². The van der Waals surface area contributed by atoms with Crippen molar-refractivity contribution < 1.29 is 28.5 Å². The van der Waals surface area contributed by atoms with Crippen molar-refractivity contribution in [2.24, 2.45) is 5.92 Å². The van der Waals surface area contributed by atoms with Gasteiger partial charge >= 0.3 is 5.97 Å². The molecule has 9 heteroatoms. The first kappa shape index (κ1) is 29.4. The lowest BCUT2D eigenvalue weighted by atomic mass is 9.95. The van der Waals surface area contributed by atoms with E-state index in [1.807, 2.05) is 45.0 Å². The minimum Gasteiger partial charge on any atom is -0.486 e. The second-order valence-corrected chi connectivity index (χ2v) is 11.7. The van der Waals surface area contributed by atoms with E-state index >= 15 is 0 Å². The molecule has 42 heavy (non-hydrogen) atoms. The van der Waals surface area contributed by atoms with Gasteiger partial charge in [-0.05, 0) is 94.6 Å². The second-order valence-electron chi connectivity index (χ2n) is 11.7. The predicted molar refractivity (Wildman–Crippen MR) is 162 cm³/mol. The van der Waals surface area contributed by atoms with E-state index in [9.17, 15) is 9.59 Å². The lowest BCUT2D eigenvalue weighted by molar-refractivity contribution is -0.148. The average Bonchev–Trinajstić information content (AvgIpc) is 2.98. The van der Waals surface area contributed by atoms with Gasteiger partial charge in [0.05, 0.1) is 18.3 Å². The molecule has 1 N–H and O–H groups in total. The number of anilines is 1. The minimum absolute atomic E-state index is 0.00977. The Bertz CT molecular complexity index is 1470. The highest BCUT2D eigenvalue weighted by molar-refractivity contribution is 6.04. The summed E-state index contributed by atoms with van der Waals surface area (Å²) in [6.07, 6.45) is 5.61. The Kier molecular flexibility index (Phi) is 8.97. The number of hydrogen-bond donors (Lipinski definition) is 1. The molecule has 0 bridgehead atoms. The number of ether oxygens (including phenoxy) is 4. The van der Waals surface area contributed by atoms with E-state index < -0.39 is 11.6 Å². The molecule has 0 saturated carbocycles.